The summed E-state index contributed by atoms with van der Waals surface area (Å²) in [6.45, 7) is 1.37. The molecule has 0 radical (unpaired) electrons. The Morgan fingerprint density at radius 2 is 2.00 bits per heavy atom. The molecule has 2 aromatic rings. The van der Waals surface area contributed by atoms with Gasteiger partial charge in [-0.05, 0) is 18.6 Å². The summed E-state index contributed by atoms with van der Waals surface area (Å²) in [5.74, 6) is -0.0474. The molecule has 1 aromatic heterocycles. The number of amides is 1. The average Bonchev–Trinajstić information content (AvgIpc) is 2.96. The zero-order chi connectivity index (χ0) is 15.7. The smallest absolute Gasteiger partial charge is 0.273 e. The zero-order valence-corrected chi connectivity index (χ0v) is 12.1. The predicted octanol–water partition coefficient (Wildman–Crippen LogP) is -0.361. The number of nitrogens with one attached hydrogen (secondary N) is 1. The van der Waals surface area contributed by atoms with Gasteiger partial charge in [0.15, 0.2) is 0 Å². The number of benzene rings is 1. The molecule has 22 heavy (non-hydrogen) atoms. The lowest BCUT2D eigenvalue weighted by atomic mass is 10.2. The summed E-state index contributed by atoms with van der Waals surface area (Å²) in [6.07, 6.45) is 0.972. The van der Waals surface area contributed by atoms with Crippen LogP contribution in [-0.4, -0.2) is 39.7 Å². The maximum Gasteiger partial charge on any atom is 0.273 e. The molecule has 1 fully saturated rings. The fourth-order valence-electron chi connectivity index (χ4n) is 2.78. The van der Waals surface area contributed by atoms with Crippen LogP contribution >= 0.6 is 0 Å². The van der Waals surface area contributed by atoms with E-state index in [1.807, 2.05) is 0 Å². The molecule has 1 amide bonds. The zero-order valence-electron chi connectivity index (χ0n) is 12.1. The molecule has 1 atom stereocenters. The van der Waals surface area contributed by atoms with E-state index < -0.39 is 0 Å². The highest BCUT2D eigenvalue weighted by Gasteiger charge is 2.23. The summed E-state index contributed by atoms with van der Waals surface area (Å²) in [5, 5.41) is 3.25. The van der Waals surface area contributed by atoms with Gasteiger partial charge in [0.2, 0.25) is 5.91 Å². The van der Waals surface area contributed by atoms with Gasteiger partial charge < -0.3 is 10.6 Å². The molecule has 1 aromatic carbocycles. The summed E-state index contributed by atoms with van der Waals surface area (Å²) in [6, 6.07) is 6.68. The van der Waals surface area contributed by atoms with Crippen molar-refractivity contribution in [1.82, 2.24) is 14.7 Å². The highest BCUT2D eigenvalue weighted by Crippen LogP contribution is 2.09. The molecule has 3 N–H and O–H groups in total. The minimum absolute atomic E-state index is 0.0344. The van der Waals surface area contributed by atoms with E-state index >= 15 is 0 Å². The summed E-state index contributed by atoms with van der Waals surface area (Å²) in [7, 11) is 0. The number of carbonyl (C=O) groups is 1. The summed E-state index contributed by atoms with van der Waals surface area (Å²) < 4.78 is 1.21. The molecule has 116 valence electrons. The van der Waals surface area contributed by atoms with Gasteiger partial charge in [-0.3, -0.25) is 19.5 Å². The Labute approximate surface area is 126 Å². The van der Waals surface area contributed by atoms with Crippen molar-refractivity contribution in [1.29, 1.82) is 0 Å². The summed E-state index contributed by atoms with van der Waals surface area (Å²) >= 11 is 0. The van der Waals surface area contributed by atoms with E-state index in [1.54, 1.807) is 29.2 Å². The fraction of sp³-hybridized carbons (Fsp3) is 0.400. The summed E-state index contributed by atoms with van der Waals surface area (Å²) in [5.41, 5.74) is 5.16. The van der Waals surface area contributed by atoms with Crippen LogP contribution in [-0.2, 0) is 11.3 Å². The molecule has 7 heteroatoms. The standard InChI is InChI=1S/C15H18N4O3/c16-10-5-7-18(9-10)13(20)6-8-19-15(22)12-4-2-1-3-11(12)14(21)17-19/h1-4,10H,5-9,16H2,(H,17,21)/t10-/m1/s1. The van der Waals surface area contributed by atoms with Gasteiger partial charge in [-0.25, -0.2) is 4.68 Å². The van der Waals surface area contributed by atoms with Crippen molar-refractivity contribution >= 4 is 16.7 Å². The number of hydrogen-bond acceptors (Lipinski definition) is 4. The number of H-pyrrole nitrogens is 1. The second-order valence-electron chi connectivity index (χ2n) is 5.58. The van der Waals surface area contributed by atoms with E-state index in [0.717, 1.165) is 6.42 Å². The highest BCUT2D eigenvalue weighted by atomic mass is 16.2. The molecule has 0 aliphatic carbocycles. The average molecular weight is 302 g/mol. The lowest BCUT2D eigenvalue weighted by Gasteiger charge is -2.16. The van der Waals surface area contributed by atoms with Gasteiger partial charge in [0, 0.05) is 25.6 Å². The first kappa shape index (κ1) is 14.5. The van der Waals surface area contributed by atoms with Crippen LogP contribution < -0.4 is 16.9 Å². The first-order valence-corrected chi connectivity index (χ1v) is 7.31. The van der Waals surface area contributed by atoms with Crippen molar-refractivity contribution in [2.24, 2.45) is 5.73 Å². The number of nitrogens with zero attached hydrogens (tertiary/aromatic N) is 2. The number of aryl methyl sites for hydroxylation is 1. The molecule has 3 rings (SSSR count). The third kappa shape index (κ3) is 2.67. The van der Waals surface area contributed by atoms with E-state index in [1.165, 1.54) is 4.68 Å². The van der Waals surface area contributed by atoms with E-state index in [4.69, 9.17) is 5.73 Å². The van der Waals surface area contributed by atoms with Crippen LogP contribution in [0.3, 0.4) is 0 Å². The van der Waals surface area contributed by atoms with Crippen LogP contribution in [0.2, 0.25) is 0 Å². The molecule has 7 nitrogen and oxygen atoms in total. The number of nitrogens with two attached hydrogens (primary N) is 1. The second kappa shape index (κ2) is 5.76. The van der Waals surface area contributed by atoms with Crippen LogP contribution in [0.15, 0.2) is 33.9 Å². The minimum Gasteiger partial charge on any atom is -0.341 e. The maximum absolute atomic E-state index is 12.3. The van der Waals surface area contributed by atoms with Crippen molar-refractivity contribution in [2.45, 2.75) is 25.4 Å². The van der Waals surface area contributed by atoms with Gasteiger partial charge in [0.25, 0.3) is 11.1 Å². The predicted molar refractivity (Wildman–Crippen MR) is 82.6 cm³/mol. The van der Waals surface area contributed by atoms with Crippen molar-refractivity contribution in [3.8, 4) is 0 Å². The number of carbonyl (C=O) groups excluding carboxylic acids is 1. The van der Waals surface area contributed by atoms with Crippen LogP contribution in [0.1, 0.15) is 12.8 Å². The lowest BCUT2D eigenvalue weighted by molar-refractivity contribution is -0.130. The number of likely N-dealkylation sites (tertiary alicyclic amines) is 1. The summed E-state index contributed by atoms with van der Waals surface area (Å²) in [4.78, 5) is 38.1. The van der Waals surface area contributed by atoms with Crippen molar-refractivity contribution < 1.29 is 4.79 Å². The Balaban J connectivity index is 1.80. The molecule has 2 heterocycles. The van der Waals surface area contributed by atoms with Gasteiger partial charge in [-0.15, -0.1) is 0 Å². The monoisotopic (exact) mass is 302 g/mol. The molecule has 0 unspecified atom stereocenters. The highest BCUT2D eigenvalue weighted by molar-refractivity contribution is 5.80. The molecule has 0 bridgehead atoms. The van der Waals surface area contributed by atoms with E-state index in [0.29, 0.717) is 23.9 Å². The normalized spacial score (nSPS) is 18.0. The molecule has 1 aliphatic heterocycles. The molecule has 1 aliphatic rings. The number of fused-ring (bicyclic) bond motifs is 1. The van der Waals surface area contributed by atoms with Crippen LogP contribution in [0, 0.1) is 0 Å². The molecular formula is C15H18N4O3. The number of hydrogen-bond donors (Lipinski definition) is 2. The Morgan fingerprint density at radius 3 is 2.68 bits per heavy atom. The first-order valence-electron chi connectivity index (χ1n) is 7.31. The van der Waals surface area contributed by atoms with Crippen molar-refractivity contribution in [3.05, 3.63) is 45.0 Å². The molecular weight excluding hydrogens is 284 g/mol. The number of aromatic amines is 1. The van der Waals surface area contributed by atoms with E-state index in [-0.39, 0.29) is 36.0 Å². The molecule has 1 saturated heterocycles. The maximum atomic E-state index is 12.3. The van der Waals surface area contributed by atoms with Crippen molar-refractivity contribution in [3.63, 3.8) is 0 Å². The SMILES string of the molecule is N[C@@H]1CCN(C(=O)CCn2[nH]c(=O)c3ccccc3c2=O)C1. The fourth-order valence-corrected chi connectivity index (χ4v) is 2.78. The number of rotatable bonds is 3. The van der Waals surface area contributed by atoms with Gasteiger partial charge in [-0.1, -0.05) is 12.1 Å². The largest absolute Gasteiger partial charge is 0.341 e. The van der Waals surface area contributed by atoms with Gasteiger partial charge in [0.05, 0.1) is 17.3 Å². The van der Waals surface area contributed by atoms with Gasteiger partial charge in [0.1, 0.15) is 0 Å². The third-order valence-corrected chi connectivity index (χ3v) is 4.01. The van der Waals surface area contributed by atoms with E-state index in [9.17, 15) is 14.4 Å². The van der Waals surface area contributed by atoms with Gasteiger partial charge >= 0.3 is 0 Å². The Kier molecular flexibility index (Phi) is 3.81. The van der Waals surface area contributed by atoms with Gasteiger partial charge in [-0.2, -0.15) is 0 Å². The second-order valence-corrected chi connectivity index (χ2v) is 5.58. The van der Waals surface area contributed by atoms with E-state index in [2.05, 4.69) is 5.10 Å². The quantitative estimate of drug-likeness (QED) is 0.808. The molecule has 0 saturated carbocycles. The Bertz CT molecular complexity index is 823. The van der Waals surface area contributed by atoms with Crippen LogP contribution in [0.25, 0.3) is 10.8 Å². The van der Waals surface area contributed by atoms with Crippen LogP contribution in [0.4, 0.5) is 0 Å². The molecule has 0 spiro atoms. The topological polar surface area (TPSA) is 101 Å². The first-order chi connectivity index (χ1) is 10.6. The van der Waals surface area contributed by atoms with Crippen LogP contribution in [0.5, 0.6) is 0 Å². The number of aromatic nitrogens is 2. The Hall–Kier alpha value is -2.41. The minimum atomic E-state index is -0.328. The Morgan fingerprint density at radius 1 is 1.27 bits per heavy atom. The van der Waals surface area contributed by atoms with Crippen molar-refractivity contribution in [2.75, 3.05) is 13.1 Å². The third-order valence-electron chi connectivity index (χ3n) is 4.01. The lowest BCUT2D eigenvalue weighted by Crippen LogP contribution is -2.35.